The molecule has 0 aromatic rings. The number of hydrogen-bond acceptors (Lipinski definition) is 3. The first-order valence-electron chi connectivity index (χ1n) is 17.0. The average molecular weight is 550 g/mol. The van der Waals surface area contributed by atoms with Crippen molar-refractivity contribution in [3.05, 3.63) is 35.2 Å². The highest BCUT2D eigenvalue weighted by Gasteiger charge is 2.59. The molecule has 1 heterocycles. The summed E-state index contributed by atoms with van der Waals surface area (Å²) in [7, 11) is 0. The number of carbonyl (C=O) groups excluding carboxylic acids is 1. The summed E-state index contributed by atoms with van der Waals surface area (Å²) in [5.74, 6) is 5.61. The molecule has 9 atom stereocenters. The molecule has 5 rings (SSSR count). The van der Waals surface area contributed by atoms with Crippen LogP contribution in [0.3, 0.4) is 0 Å². The van der Waals surface area contributed by atoms with Gasteiger partial charge < -0.3 is 10.1 Å². The van der Waals surface area contributed by atoms with E-state index in [1.165, 1.54) is 63.4 Å². The van der Waals surface area contributed by atoms with Gasteiger partial charge in [0.25, 0.3) is 0 Å². The molecule has 3 nitrogen and oxygen atoms in total. The molecule has 4 aliphatic carbocycles. The summed E-state index contributed by atoms with van der Waals surface area (Å²) in [5.41, 5.74) is 4.95. The molecule has 1 aliphatic heterocycles. The SMILES string of the molecule is CC1=CNC(CCC(=O)OC2CCC3(C)C(=CCC4C3CCC3(C)C(C(C)CCCC(C)C)CCC43)C2)=CC1C. The van der Waals surface area contributed by atoms with Gasteiger partial charge in [-0.15, -0.1) is 0 Å². The molecule has 0 aromatic heterocycles. The van der Waals surface area contributed by atoms with Crippen LogP contribution in [0, 0.1) is 52.3 Å². The van der Waals surface area contributed by atoms with Crippen LogP contribution in [0.1, 0.15) is 132 Å². The van der Waals surface area contributed by atoms with E-state index in [1.807, 2.05) is 0 Å². The van der Waals surface area contributed by atoms with Crippen LogP contribution in [0.4, 0.5) is 0 Å². The fraction of sp³-hybridized carbons (Fsp3) is 0.811. The van der Waals surface area contributed by atoms with Crippen molar-refractivity contribution in [2.45, 2.75) is 138 Å². The number of fused-ring (bicyclic) bond motifs is 5. The second kappa shape index (κ2) is 12.0. The molecule has 9 unspecified atom stereocenters. The van der Waals surface area contributed by atoms with Crippen molar-refractivity contribution in [1.29, 1.82) is 0 Å². The third-order valence-corrected chi connectivity index (χ3v) is 12.8. The normalized spacial score (nSPS) is 39.6. The molecular weight excluding hydrogens is 490 g/mol. The fourth-order valence-corrected chi connectivity index (χ4v) is 10.2. The van der Waals surface area contributed by atoms with Crippen molar-refractivity contribution >= 4 is 5.97 Å². The molecule has 3 saturated carbocycles. The van der Waals surface area contributed by atoms with Gasteiger partial charge in [0.2, 0.25) is 0 Å². The molecule has 0 saturated heterocycles. The van der Waals surface area contributed by atoms with Crippen LogP contribution in [-0.2, 0) is 9.53 Å². The van der Waals surface area contributed by atoms with Gasteiger partial charge in [0.05, 0.1) is 6.42 Å². The number of dihydropyridines is 1. The lowest BCUT2D eigenvalue weighted by atomic mass is 9.47. The summed E-state index contributed by atoms with van der Waals surface area (Å²) in [6, 6.07) is 0. The van der Waals surface area contributed by atoms with Crippen LogP contribution in [0.25, 0.3) is 0 Å². The minimum absolute atomic E-state index is 0.0301. The standard InChI is InChI=1S/C37H59NO2/c1-24(2)9-8-10-25(3)32-14-15-33-31-13-11-28-22-30(17-19-36(28,6)34(31)18-20-37(32,33)7)40-35(39)16-12-29-21-26(4)27(5)23-38-29/h11,21,23-26,30-34,38H,8-10,12-20,22H2,1-7H3. The quantitative estimate of drug-likeness (QED) is 0.230. The molecule has 0 spiro atoms. The predicted molar refractivity (Wildman–Crippen MR) is 166 cm³/mol. The van der Waals surface area contributed by atoms with E-state index in [0.717, 1.165) is 60.5 Å². The highest BCUT2D eigenvalue weighted by Crippen LogP contribution is 2.67. The molecule has 3 heteroatoms. The Labute approximate surface area is 246 Å². The maximum Gasteiger partial charge on any atom is 0.306 e. The molecule has 0 radical (unpaired) electrons. The summed E-state index contributed by atoms with van der Waals surface area (Å²) in [6.07, 6.45) is 22.6. The number of rotatable bonds is 9. The Balaban J connectivity index is 1.17. The third kappa shape index (κ3) is 5.87. The molecule has 40 heavy (non-hydrogen) atoms. The first kappa shape index (κ1) is 30.0. The first-order chi connectivity index (χ1) is 19.0. The maximum atomic E-state index is 12.8. The van der Waals surface area contributed by atoms with Crippen molar-refractivity contribution in [2.75, 3.05) is 0 Å². The van der Waals surface area contributed by atoms with Gasteiger partial charge >= 0.3 is 5.97 Å². The van der Waals surface area contributed by atoms with Gasteiger partial charge in [0, 0.05) is 18.3 Å². The Hall–Kier alpha value is -1.51. The van der Waals surface area contributed by atoms with Gasteiger partial charge in [0.1, 0.15) is 6.10 Å². The molecule has 3 fully saturated rings. The van der Waals surface area contributed by atoms with Gasteiger partial charge in [-0.1, -0.05) is 84.1 Å². The first-order valence-corrected chi connectivity index (χ1v) is 17.0. The number of esters is 1. The largest absolute Gasteiger partial charge is 0.462 e. The van der Waals surface area contributed by atoms with Crippen LogP contribution in [0.5, 0.6) is 0 Å². The van der Waals surface area contributed by atoms with E-state index >= 15 is 0 Å². The highest BCUT2D eigenvalue weighted by atomic mass is 16.5. The lowest BCUT2D eigenvalue weighted by Gasteiger charge is -2.58. The van der Waals surface area contributed by atoms with Gasteiger partial charge in [0.15, 0.2) is 0 Å². The minimum Gasteiger partial charge on any atom is -0.462 e. The Morgan fingerprint density at radius 1 is 1.07 bits per heavy atom. The number of carbonyl (C=O) groups is 1. The molecule has 224 valence electrons. The van der Waals surface area contributed by atoms with Crippen LogP contribution in [-0.4, -0.2) is 12.1 Å². The van der Waals surface area contributed by atoms with E-state index in [1.54, 1.807) is 5.57 Å². The zero-order valence-corrected chi connectivity index (χ0v) is 26.9. The van der Waals surface area contributed by atoms with Crippen molar-refractivity contribution in [2.24, 2.45) is 52.3 Å². The second-order valence-electron chi connectivity index (χ2n) is 15.7. The van der Waals surface area contributed by atoms with Crippen LogP contribution in [0.2, 0.25) is 0 Å². The zero-order chi connectivity index (χ0) is 28.7. The monoisotopic (exact) mass is 549 g/mol. The summed E-state index contributed by atoms with van der Waals surface area (Å²) >= 11 is 0. The van der Waals surface area contributed by atoms with E-state index in [9.17, 15) is 4.79 Å². The van der Waals surface area contributed by atoms with Gasteiger partial charge in [-0.25, -0.2) is 0 Å². The van der Waals surface area contributed by atoms with Crippen molar-refractivity contribution < 1.29 is 9.53 Å². The second-order valence-corrected chi connectivity index (χ2v) is 15.7. The average Bonchev–Trinajstić information content (AvgIpc) is 3.26. The molecule has 0 bridgehead atoms. The van der Waals surface area contributed by atoms with E-state index in [-0.39, 0.29) is 12.1 Å². The topological polar surface area (TPSA) is 38.3 Å². The molecular formula is C37H59NO2. The Bertz CT molecular complexity index is 1020. The van der Waals surface area contributed by atoms with Gasteiger partial charge in [-0.2, -0.15) is 0 Å². The van der Waals surface area contributed by atoms with Gasteiger partial charge in [-0.3, -0.25) is 4.79 Å². The Kier molecular flexibility index (Phi) is 8.99. The smallest absolute Gasteiger partial charge is 0.306 e. The zero-order valence-electron chi connectivity index (χ0n) is 26.9. The minimum atomic E-state index is -0.0301. The van der Waals surface area contributed by atoms with Crippen molar-refractivity contribution in [3.8, 4) is 0 Å². The Morgan fingerprint density at radius 2 is 1.88 bits per heavy atom. The van der Waals surface area contributed by atoms with Crippen molar-refractivity contribution in [1.82, 2.24) is 5.32 Å². The molecule has 0 aromatic carbocycles. The van der Waals surface area contributed by atoms with Crippen LogP contribution in [0.15, 0.2) is 35.2 Å². The third-order valence-electron chi connectivity index (χ3n) is 12.8. The lowest BCUT2D eigenvalue weighted by molar-refractivity contribution is -0.151. The lowest BCUT2D eigenvalue weighted by Crippen LogP contribution is -2.51. The fourth-order valence-electron chi connectivity index (χ4n) is 10.2. The number of ether oxygens (including phenoxy) is 1. The van der Waals surface area contributed by atoms with Crippen LogP contribution < -0.4 is 5.32 Å². The van der Waals surface area contributed by atoms with Gasteiger partial charge in [-0.05, 0) is 111 Å². The predicted octanol–water partition coefficient (Wildman–Crippen LogP) is 9.75. The van der Waals surface area contributed by atoms with E-state index in [0.29, 0.717) is 23.2 Å². The Morgan fingerprint density at radius 3 is 2.62 bits per heavy atom. The number of nitrogens with one attached hydrogen (secondary N) is 1. The highest BCUT2D eigenvalue weighted by molar-refractivity contribution is 5.70. The summed E-state index contributed by atoms with van der Waals surface area (Å²) in [5, 5.41) is 3.35. The molecule has 1 N–H and O–H groups in total. The summed E-state index contributed by atoms with van der Waals surface area (Å²) in [4.78, 5) is 12.8. The number of allylic oxidation sites excluding steroid dienone is 4. The molecule has 0 amide bonds. The summed E-state index contributed by atoms with van der Waals surface area (Å²) < 4.78 is 6.08. The van der Waals surface area contributed by atoms with Crippen molar-refractivity contribution in [3.63, 3.8) is 0 Å². The van der Waals surface area contributed by atoms with E-state index in [4.69, 9.17) is 4.74 Å². The maximum absolute atomic E-state index is 12.8. The van der Waals surface area contributed by atoms with E-state index < -0.39 is 0 Å². The van der Waals surface area contributed by atoms with Crippen LogP contribution >= 0.6 is 0 Å². The summed E-state index contributed by atoms with van der Waals surface area (Å²) in [6.45, 7) is 16.9. The van der Waals surface area contributed by atoms with E-state index in [2.05, 4.69) is 72.1 Å². The number of hydrogen-bond donors (Lipinski definition) is 1. The molecule has 5 aliphatic rings.